The first-order chi connectivity index (χ1) is 7.95. The van der Waals surface area contributed by atoms with Crippen molar-refractivity contribution >= 4 is 21.4 Å². The zero-order chi connectivity index (χ0) is 12.9. The molecule has 0 bridgehead atoms. The minimum atomic E-state index is -3.51. The third-order valence-corrected chi connectivity index (χ3v) is 4.74. The Morgan fingerprint density at radius 3 is 2.76 bits per heavy atom. The maximum Gasteiger partial charge on any atom is 0.250 e. The first-order valence-corrected chi connectivity index (χ1v) is 7.37. The van der Waals surface area contributed by atoms with Gasteiger partial charge in [-0.15, -0.1) is 11.3 Å². The van der Waals surface area contributed by atoms with Gasteiger partial charge in [0.05, 0.1) is 12.7 Å². The highest BCUT2D eigenvalue weighted by Gasteiger charge is 2.16. The summed E-state index contributed by atoms with van der Waals surface area (Å²) in [4.78, 5) is 0.379. The lowest BCUT2D eigenvalue weighted by Crippen LogP contribution is -2.27. The maximum atomic E-state index is 11.7. The summed E-state index contributed by atoms with van der Waals surface area (Å²) in [6, 6.07) is 4.82. The SMILES string of the molecule is CC(C)OCCNS(=O)(=O)c1ccc(C#N)s1. The largest absolute Gasteiger partial charge is 0.377 e. The van der Waals surface area contributed by atoms with E-state index < -0.39 is 10.0 Å². The molecule has 5 nitrogen and oxygen atoms in total. The Kier molecular flexibility index (Phi) is 5.08. The van der Waals surface area contributed by atoms with Crippen molar-refractivity contribution in [2.24, 2.45) is 0 Å². The standard InChI is InChI=1S/C10H14N2O3S2/c1-8(2)15-6-5-12-17(13,14)10-4-3-9(7-11)16-10/h3-4,8,12H,5-6H2,1-2H3. The van der Waals surface area contributed by atoms with E-state index in [1.807, 2.05) is 19.9 Å². The highest BCUT2D eigenvalue weighted by atomic mass is 32.2. The van der Waals surface area contributed by atoms with E-state index in [9.17, 15) is 8.42 Å². The Labute approximate surface area is 105 Å². The molecule has 1 aromatic rings. The third-order valence-electron chi connectivity index (χ3n) is 1.80. The van der Waals surface area contributed by atoms with Crippen molar-refractivity contribution in [2.75, 3.05) is 13.2 Å². The number of nitrogens with one attached hydrogen (secondary N) is 1. The fourth-order valence-electron chi connectivity index (χ4n) is 1.07. The van der Waals surface area contributed by atoms with Crippen LogP contribution in [0.2, 0.25) is 0 Å². The number of sulfonamides is 1. The molecule has 0 spiro atoms. The molecule has 1 aromatic heterocycles. The average Bonchev–Trinajstić information content (AvgIpc) is 2.73. The minimum absolute atomic E-state index is 0.0754. The Hall–Kier alpha value is -0.940. The van der Waals surface area contributed by atoms with Crippen LogP contribution in [0, 0.1) is 11.3 Å². The van der Waals surface area contributed by atoms with Crippen molar-refractivity contribution in [2.45, 2.75) is 24.2 Å². The van der Waals surface area contributed by atoms with Gasteiger partial charge in [-0.2, -0.15) is 5.26 Å². The van der Waals surface area contributed by atoms with Crippen LogP contribution in [0.25, 0.3) is 0 Å². The van der Waals surface area contributed by atoms with Gasteiger partial charge < -0.3 is 4.74 Å². The number of ether oxygens (including phenoxy) is 1. The van der Waals surface area contributed by atoms with Crippen LogP contribution in [0.1, 0.15) is 18.7 Å². The second-order valence-corrected chi connectivity index (χ2v) is 6.63. The Balaban J connectivity index is 2.55. The van der Waals surface area contributed by atoms with Gasteiger partial charge in [-0.1, -0.05) is 0 Å². The molecule has 0 saturated heterocycles. The van der Waals surface area contributed by atoms with Gasteiger partial charge in [-0.05, 0) is 26.0 Å². The van der Waals surface area contributed by atoms with Gasteiger partial charge in [0.1, 0.15) is 15.2 Å². The summed E-state index contributed by atoms with van der Waals surface area (Å²) < 4.78 is 31.3. The summed E-state index contributed by atoms with van der Waals surface area (Å²) in [6.45, 7) is 4.31. The molecule has 7 heteroatoms. The first-order valence-electron chi connectivity index (χ1n) is 5.07. The summed E-state index contributed by atoms with van der Waals surface area (Å²) in [5.41, 5.74) is 0. The number of thiophene rings is 1. The molecule has 1 N–H and O–H groups in total. The molecule has 1 heterocycles. The van der Waals surface area contributed by atoms with E-state index in [0.717, 1.165) is 11.3 Å². The molecule has 0 atom stereocenters. The van der Waals surface area contributed by atoms with Crippen molar-refractivity contribution in [3.8, 4) is 6.07 Å². The van der Waals surface area contributed by atoms with Crippen molar-refractivity contribution in [3.63, 3.8) is 0 Å². The van der Waals surface area contributed by atoms with Crippen LogP contribution in [-0.2, 0) is 14.8 Å². The molecule has 0 aliphatic rings. The topological polar surface area (TPSA) is 79.2 Å². The lowest BCUT2D eigenvalue weighted by atomic mass is 10.5. The molecule has 0 saturated carbocycles. The number of hydrogen-bond acceptors (Lipinski definition) is 5. The van der Waals surface area contributed by atoms with Crippen LogP contribution in [0.3, 0.4) is 0 Å². The molecule has 1 rings (SSSR count). The van der Waals surface area contributed by atoms with Gasteiger partial charge in [0.15, 0.2) is 0 Å². The van der Waals surface area contributed by atoms with E-state index in [-0.39, 0.29) is 16.9 Å². The Bertz CT molecular complexity index is 500. The normalized spacial score (nSPS) is 11.6. The van der Waals surface area contributed by atoms with E-state index >= 15 is 0 Å². The van der Waals surface area contributed by atoms with Gasteiger partial charge in [0.25, 0.3) is 0 Å². The Morgan fingerprint density at radius 1 is 1.53 bits per heavy atom. The molecule has 0 aliphatic carbocycles. The minimum Gasteiger partial charge on any atom is -0.377 e. The van der Waals surface area contributed by atoms with Crippen LogP contribution in [0.5, 0.6) is 0 Å². The fraction of sp³-hybridized carbons (Fsp3) is 0.500. The van der Waals surface area contributed by atoms with Crippen LogP contribution in [0.15, 0.2) is 16.3 Å². The maximum absolute atomic E-state index is 11.7. The second-order valence-electron chi connectivity index (χ2n) is 3.55. The summed E-state index contributed by atoms with van der Waals surface area (Å²) in [5.74, 6) is 0. The molecule has 94 valence electrons. The molecule has 17 heavy (non-hydrogen) atoms. The van der Waals surface area contributed by atoms with Crippen molar-refractivity contribution in [1.29, 1.82) is 5.26 Å². The first kappa shape index (κ1) is 14.1. The summed E-state index contributed by atoms with van der Waals surface area (Å²) in [6.07, 6.45) is 0.0754. The molecule has 0 radical (unpaired) electrons. The zero-order valence-corrected chi connectivity index (χ0v) is 11.3. The predicted molar refractivity (Wildman–Crippen MR) is 65.3 cm³/mol. The smallest absolute Gasteiger partial charge is 0.250 e. The van der Waals surface area contributed by atoms with Crippen LogP contribution >= 0.6 is 11.3 Å². The van der Waals surface area contributed by atoms with Gasteiger partial charge >= 0.3 is 0 Å². The second kappa shape index (κ2) is 6.12. The summed E-state index contributed by atoms with van der Waals surface area (Å²) in [5, 5.41) is 8.62. The van der Waals surface area contributed by atoms with Crippen LogP contribution < -0.4 is 4.72 Å². The van der Waals surface area contributed by atoms with Gasteiger partial charge in [0, 0.05) is 6.54 Å². The van der Waals surface area contributed by atoms with E-state index in [1.165, 1.54) is 12.1 Å². The zero-order valence-electron chi connectivity index (χ0n) is 9.63. The summed E-state index contributed by atoms with van der Waals surface area (Å²) >= 11 is 0.952. The molecule has 0 amide bonds. The molecule has 0 aromatic carbocycles. The number of rotatable bonds is 6. The Morgan fingerprint density at radius 2 is 2.24 bits per heavy atom. The molecule has 0 unspecified atom stereocenters. The summed E-state index contributed by atoms with van der Waals surface area (Å²) in [7, 11) is -3.51. The lowest BCUT2D eigenvalue weighted by molar-refractivity contribution is 0.0834. The van der Waals surface area contributed by atoms with Crippen molar-refractivity contribution in [3.05, 3.63) is 17.0 Å². The molecular weight excluding hydrogens is 260 g/mol. The van der Waals surface area contributed by atoms with Gasteiger partial charge in [-0.3, -0.25) is 0 Å². The predicted octanol–water partition coefficient (Wildman–Crippen LogP) is 1.32. The third kappa shape index (κ3) is 4.44. The quantitative estimate of drug-likeness (QED) is 0.793. The number of hydrogen-bond donors (Lipinski definition) is 1. The van der Waals surface area contributed by atoms with E-state index in [0.29, 0.717) is 11.5 Å². The van der Waals surface area contributed by atoms with Crippen LogP contribution in [0.4, 0.5) is 0 Å². The average molecular weight is 274 g/mol. The van der Waals surface area contributed by atoms with Crippen molar-refractivity contribution in [1.82, 2.24) is 4.72 Å². The van der Waals surface area contributed by atoms with E-state index in [2.05, 4.69) is 4.72 Å². The lowest BCUT2D eigenvalue weighted by Gasteiger charge is -2.08. The van der Waals surface area contributed by atoms with E-state index in [4.69, 9.17) is 10.00 Å². The molecule has 0 aliphatic heterocycles. The monoisotopic (exact) mass is 274 g/mol. The van der Waals surface area contributed by atoms with Gasteiger partial charge in [-0.25, -0.2) is 13.1 Å². The highest BCUT2D eigenvalue weighted by Crippen LogP contribution is 2.20. The highest BCUT2D eigenvalue weighted by molar-refractivity contribution is 7.91. The van der Waals surface area contributed by atoms with Gasteiger partial charge in [0.2, 0.25) is 10.0 Å². The molecular formula is C10H14N2O3S2. The molecule has 0 fully saturated rings. The number of nitrogens with zero attached hydrogens (tertiary/aromatic N) is 1. The fourth-order valence-corrected chi connectivity index (χ4v) is 3.23. The number of nitriles is 1. The van der Waals surface area contributed by atoms with Crippen molar-refractivity contribution < 1.29 is 13.2 Å². The van der Waals surface area contributed by atoms with Crippen LogP contribution in [-0.4, -0.2) is 27.7 Å². The van der Waals surface area contributed by atoms with E-state index in [1.54, 1.807) is 0 Å².